The lowest BCUT2D eigenvalue weighted by Crippen LogP contribution is -2.22. The van der Waals surface area contributed by atoms with Crippen LogP contribution >= 0.6 is 0 Å². The topological polar surface area (TPSA) is 38.7 Å². The third-order valence-corrected chi connectivity index (χ3v) is 4.93. The Labute approximate surface area is 151 Å². The number of nitrogens with zero attached hydrogens (tertiary/aromatic N) is 1. The van der Waals surface area contributed by atoms with Crippen molar-refractivity contribution in [3.63, 3.8) is 0 Å². The molecule has 0 fully saturated rings. The van der Waals surface area contributed by atoms with Crippen molar-refractivity contribution in [3.05, 3.63) is 71.5 Å². The molecule has 0 saturated heterocycles. The summed E-state index contributed by atoms with van der Waals surface area (Å²) in [5, 5.41) is 0. The van der Waals surface area contributed by atoms with Crippen LogP contribution in [0.4, 0.5) is 4.39 Å². The maximum atomic E-state index is 14.1. The van der Waals surface area contributed by atoms with E-state index in [1.54, 1.807) is 18.2 Å². The van der Waals surface area contributed by atoms with Crippen molar-refractivity contribution >= 4 is 16.7 Å². The Hall–Kier alpha value is -1.85. The third kappa shape index (κ3) is 6.18. The summed E-state index contributed by atoms with van der Waals surface area (Å²) in [7, 11) is -1.45. The molecular weight excluding hydrogens is 337 g/mol. The zero-order valence-corrected chi connectivity index (χ0v) is 15.7. The highest BCUT2D eigenvalue weighted by Crippen LogP contribution is 2.17. The molecule has 25 heavy (non-hydrogen) atoms. The van der Waals surface area contributed by atoms with Gasteiger partial charge in [0.05, 0.1) is 23.7 Å². The maximum absolute atomic E-state index is 14.1. The Morgan fingerprint density at radius 3 is 2.36 bits per heavy atom. The minimum absolute atomic E-state index is 0.366. The molecule has 0 aromatic heterocycles. The highest BCUT2D eigenvalue weighted by molar-refractivity contribution is 7.85. The molecule has 3 nitrogen and oxygen atoms in total. The van der Waals surface area contributed by atoms with E-state index in [1.165, 1.54) is 6.07 Å². The molecule has 0 heterocycles. The van der Waals surface area contributed by atoms with Crippen molar-refractivity contribution in [1.82, 2.24) is 0 Å². The van der Waals surface area contributed by atoms with Crippen LogP contribution in [0.2, 0.25) is 0 Å². The number of rotatable bonds is 7. The van der Waals surface area contributed by atoms with Gasteiger partial charge in [0.15, 0.2) is 0 Å². The highest BCUT2D eigenvalue weighted by atomic mass is 32.2. The fourth-order valence-corrected chi connectivity index (χ4v) is 2.76. The summed E-state index contributed by atoms with van der Waals surface area (Å²) in [6.07, 6.45) is 0.398. The second-order valence-corrected chi connectivity index (χ2v) is 8.57. The Kier molecular flexibility index (Phi) is 7.02. The normalized spacial score (nSPS) is 13.7. The van der Waals surface area contributed by atoms with Gasteiger partial charge in [0, 0.05) is 12.0 Å². The molecule has 0 bridgehead atoms. The molecule has 1 atom stereocenters. The van der Waals surface area contributed by atoms with Crippen molar-refractivity contribution in [2.75, 3.05) is 6.61 Å². The quantitative estimate of drug-likeness (QED) is 0.530. The van der Waals surface area contributed by atoms with Crippen molar-refractivity contribution in [2.24, 2.45) is 4.40 Å². The monoisotopic (exact) mass is 361 g/mol. The molecule has 134 valence electrons. The molecule has 2 rings (SSSR count). The average Bonchev–Trinajstić information content (AvgIpc) is 2.58. The summed E-state index contributed by atoms with van der Waals surface area (Å²) in [6, 6.07) is 16.3. The number of benzene rings is 2. The molecule has 2 aromatic rings. The first-order valence-electron chi connectivity index (χ1n) is 8.24. The standard InChI is InChI=1S/C20H24FNO2S/c1-20(2,3)25(23)22-19(17-11-7-8-12-18(17)21)13-14-24-15-16-9-5-4-6-10-16/h4-12H,13-15H2,1-3H3. The van der Waals surface area contributed by atoms with Gasteiger partial charge in [-0.1, -0.05) is 48.5 Å². The average molecular weight is 361 g/mol. The molecule has 0 saturated carbocycles. The molecule has 0 aliphatic carbocycles. The van der Waals surface area contributed by atoms with E-state index in [9.17, 15) is 8.60 Å². The predicted octanol–water partition coefficient (Wildman–Crippen LogP) is 4.68. The van der Waals surface area contributed by atoms with Crippen LogP contribution < -0.4 is 0 Å². The van der Waals surface area contributed by atoms with Crippen LogP contribution in [0, 0.1) is 5.82 Å². The predicted molar refractivity (Wildman–Crippen MR) is 102 cm³/mol. The van der Waals surface area contributed by atoms with E-state index in [0.717, 1.165) is 5.56 Å². The van der Waals surface area contributed by atoms with Crippen LogP contribution in [0.5, 0.6) is 0 Å². The highest BCUT2D eigenvalue weighted by Gasteiger charge is 2.21. The first-order valence-corrected chi connectivity index (χ1v) is 9.35. The van der Waals surface area contributed by atoms with Crippen LogP contribution in [0.1, 0.15) is 38.3 Å². The molecular formula is C20H24FNO2S. The molecule has 0 spiro atoms. The molecule has 1 unspecified atom stereocenters. The van der Waals surface area contributed by atoms with Gasteiger partial charge in [-0.15, -0.1) is 0 Å². The third-order valence-electron chi connectivity index (χ3n) is 3.50. The Bertz CT molecular complexity index is 739. The first kappa shape index (κ1) is 19.5. The molecule has 0 aliphatic rings. The summed E-state index contributed by atoms with van der Waals surface area (Å²) in [5.41, 5.74) is 1.92. The van der Waals surface area contributed by atoms with Crippen molar-refractivity contribution in [1.29, 1.82) is 0 Å². The van der Waals surface area contributed by atoms with Gasteiger partial charge in [-0.2, -0.15) is 4.40 Å². The fourth-order valence-electron chi connectivity index (χ4n) is 2.09. The van der Waals surface area contributed by atoms with E-state index >= 15 is 0 Å². The van der Waals surface area contributed by atoms with Gasteiger partial charge in [0.1, 0.15) is 16.8 Å². The van der Waals surface area contributed by atoms with Crippen molar-refractivity contribution in [2.45, 2.75) is 38.5 Å². The number of hydrogen-bond donors (Lipinski definition) is 0. The summed E-state index contributed by atoms with van der Waals surface area (Å²) in [4.78, 5) is 0. The smallest absolute Gasteiger partial charge is 0.145 e. The SMILES string of the molecule is CC(C)(C)S(=O)N=C(CCOCc1ccccc1)c1ccccc1F. The van der Waals surface area contributed by atoms with Gasteiger partial charge in [-0.3, -0.25) is 0 Å². The lowest BCUT2D eigenvalue weighted by atomic mass is 10.1. The van der Waals surface area contributed by atoms with Gasteiger partial charge in [0.2, 0.25) is 0 Å². The largest absolute Gasteiger partial charge is 0.376 e. The molecule has 0 N–H and O–H groups in total. The summed E-state index contributed by atoms with van der Waals surface area (Å²) < 4.78 is 36.0. The van der Waals surface area contributed by atoms with Crippen LogP contribution in [0.25, 0.3) is 0 Å². The molecule has 2 aromatic carbocycles. The first-order chi connectivity index (χ1) is 11.9. The van der Waals surface area contributed by atoms with Gasteiger partial charge < -0.3 is 4.74 Å². The second kappa shape index (κ2) is 9.02. The van der Waals surface area contributed by atoms with E-state index in [0.29, 0.717) is 30.9 Å². The van der Waals surface area contributed by atoms with E-state index in [-0.39, 0.29) is 5.82 Å². The summed E-state index contributed by atoms with van der Waals surface area (Å²) in [5.74, 6) is -0.366. The van der Waals surface area contributed by atoms with Crippen LogP contribution in [0.3, 0.4) is 0 Å². The van der Waals surface area contributed by atoms with E-state index < -0.39 is 15.7 Å². The number of hydrogen-bond acceptors (Lipinski definition) is 2. The lowest BCUT2D eigenvalue weighted by molar-refractivity contribution is 0.128. The van der Waals surface area contributed by atoms with Gasteiger partial charge in [-0.25, -0.2) is 8.60 Å². The fraction of sp³-hybridized carbons (Fsp3) is 0.350. The maximum Gasteiger partial charge on any atom is 0.145 e. The van der Waals surface area contributed by atoms with Gasteiger partial charge in [0.25, 0.3) is 0 Å². The zero-order valence-electron chi connectivity index (χ0n) is 14.9. The second-order valence-electron chi connectivity index (χ2n) is 6.67. The van der Waals surface area contributed by atoms with E-state index in [1.807, 2.05) is 51.1 Å². The van der Waals surface area contributed by atoms with Crippen LogP contribution in [-0.2, 0) is 22.3 Å². The van der Waals surface area contributed by atoms with Crippen LogP contribution in [0.15, 0.2) is 59.0 Å². The van der Waals surface area contributed by atoms with Crippen LogP contribution in [-0.4, -0.2) is 21.3 Å². The Morgan fingerprint density at radius 1 is 1.08 bits per heavy atom. The molecule has 0 amide bonds. The van der Waals surface area contributed by atoms with E-state index in [2.05, 4.69) is 4.40 Å². The zero-order chi connectivity index (χ0) is 18.3. The minimum atomic E-state index is -1.45. The van der Waals surface area contributed by atoms with Crippen molar-refractivity contribution < 1.29 is 13.3 Å². The van der Waals surface area contributed by atoms with Gasteiger partial charge in [-0.05, 0) is 32.4 Å². The number of halogens is 1. The molecule has 5 heteroatoms. The minimum Gasteiger partial charge on any atom is -0.376 e. The van der Waals surface area contributed by atoms with Gasteiger partial charge >= 0.3 is 0 Å². The Balaban J connectivity index is 2.08. The Morgan fingerprint density at radius 2 is 1.72 bits per heavy atom. The summed E-state index contributed by atoms with van der Waals surface area (Å²) in [6.45, 7) is 6.39. The molecule has 0 aliphatic heterocycles. The van der Waals surface area contributed by atoms with E-state index in [4.69, 9.17) is 4.74 Å². The lowest BCUT2D eigenvalue weighted by Gasteiger charge is -2.16. The molecule has 0 radical (unpaired) electrons. The van der Waals surface area contributed by atoms with Crippen molar-refractivity contribution in [3.8, 4) is 0 Å². The number of ether oxygens (including phenoxy) is 1. The summed E-state index contributed by atoms with van der Waals surface area (Å²) >= 11 is 0.